The van der Waals surface area contributed by atoms with Crippen LogP contribution in [0.3, 0.4) is 0 Å². The van der Waals surface area contributed by atoms with Crippen molar-refractivity contribution < 1.29 is 4.79 Å². The van der Waals surface area contributed by atoms with Gasteiger partial charge < -0.3 is 5.32 Å². The summed E-state index contributed by atoms with van der Waals surface area (Å²) in [6, 6.07) is 10.6. The largest absolute Gasteiger partial charge is 0.352 e. The number of halogens is 1. The first-order valence-electron chi connectivity index (χ1n) is 6.95. The molecule has 1 aromatic carbocycles. The minimum Gasteiger partial charge on any atom is -0.352 e. The molecule has 112 valence electrons. The van der Waals surface area contributed by atoms with Crippen molar-refractivity contribution in [2.24, 2.45) is 0 Å². The molecule has 1 heterocycles. The van der Waals surface area contributed by atoms with Crippen LogP contribution in [-0.2, 0) is 11.2 Å². The molecule has 0 aromatic heterocycles. The van der Waals surface area contributed by atoms with Crippen molar-refractivity contribution >= 4 is 30.1 Å². The second-order valence-electron chi connectivity index (χ2n) is 4.96. The third-order valence-corrected chi connectivity index (χ3v) is 4.28. The summed E-state index contributed by atoms with van der Waals surface area (Å²) in [5, 5.41) is 6.41. The normalized spacial score (nSPS) is 19.1. The quantitative estimate of drug-likeness (QED) is 0.848. The number of carbonyl (C=O) groups is 1. The van der Waals surface area contributed by atoms with Crippen LogP contribution in [0, 0.1) is 0 Å². The molecule has 20 heavy (non-hydrogen) atoms. The predicted molar refractivity (Wildman–Crippen MR) is 88.5 cm³/mol. The van der Waals surface area contributed by atoms with Crippen molar-refractivity contribution in [2.45, 2.75) is 38.3 Å². The lowest BCUT2D eigenvalue weighted by Gasteiger charge is -2.20. The number of hydrogen-bond donors (Lipinski definition) is 2. The molecule has 3 nitrogen and oxygen atoms in total. The van der Waals surface area contributed by atoms with Crippen LogP contribution in [0.5, 0.6) is 0 Å². The molecular formula is C15H23ClN2OS. The van der Waals surface area contributed by atoms with Gasteiger partial charge in [0.2, 0.25) is 5.91 Å². The van der Waals surface area contributed by atoms with Crippen LogP contribution in [0.15, 0.2) is 30.3 Å². The lowest BCUT2D eigenvalue weighted by atomic mass is 10.0. The van der Waals surface area contributed by atoms with Crippen molar-refractivity contribution in [3.8, 4) is 0 Å². The number of carbonyl (C=O) groups excluding carboxylic acids is 1. The Kier molecular flexibility index (Phi) is 8.04. The summed E-state index contributed by atoms with van der Waals surface area (Å²) >= 11 is 1.78. The van der Waals surface area contributed by atoms with Crippen molar-refractivity contribution in [3.63, 3.8) is 0 Å². The molecule has 1 amide bonds. The average molecular weight is 315 g/mol. The zero-order valence-corrected chi connectivity index (χ0v) is 13.4. The van der Waals surface area contributed by atoms with Gasteiger partial charge in [0.05, 0.1) is 6.04 Å². The molecule has 1 fully saturated rings. The summed E-state index contributed by atoms with van der Waals surface area (Å²) in [7, 11) is 0. The van der Waals surface area contributed by atoms with E-state index >= 15 is 0 Å². The fraction of sp³-hybridized carbons (Fsp3) is 0.533. The molecule has 1 aromatic rings. The minimum atomic E-state index is -0.0138. The summed E-state index contributed by atoms with van der Waals surface area (Å²) in [5.41, 5.74) is 1.29. The molecule has 0 aliphatic carbocycles. The Labute approximate surface area is 131 Å². The molecule has 2 rings (SSSR count). The fourth-order valence-electron chi connectivity index (χ4n) is 2.34. The second-order valence-corrected chi connectivity index (χ2v) is 5.99. The van der Waals surface area contributed by atoms with E-state index in [2.05, 4.69) is 41.8 Å². The highest BCUT2D eigenvalue weighted by atomic mass is 35.5. The predicted octanol–water partition coefficient (Wildman–Crippen LogP) is 2.60. The zero-order valence-electron chi connectivity index (χ0n) is 11.8. The molecule has 1 aliphatic rings. The lowest BCUT2D eigenvalue weighted by Crippen LogP contribution is -2.47. The van der Waals surface area contributed by atoms with E-state index in [-0.39, 0.29) is 30.4 Å². The smallest absolute Gasteiger partial charge is 0.238 e. The second kappa shape index (κ2) is 9.27. The lowest BCUT2D eigenvalue weighted by molar-refractivity contribution is -0.123. The third-order valence-electron chi connectivity index (χ3n) is 3.34. The number of benzene rings is 1. The molecule has 0 spiro atoms. The number of amides is 1. The molecule has 0 radical (unpaired) electrons. The standard InChI is InChI=1S/C15H22N2OS.ClH/c1-2-6-13(9-12-7-4-3-5-8-12)17-15(18)14-10-19-11-16-14;/h3-5,7-8,13-14,16H,2,6,9-11H2,1H3,(H,17,18);1H. The van der Waals surface area contributed by atoms with E-state index in [4.69, 9.17) is 0 Å². The Hall–Kier alpha value is -0.710. The van der Waals surface area contributed by atoms with Gasteiger partial charge in [-0.2, -0.15) is 0 Å². The van der Waals surface area contributed by atoms with Crippen LogP contribution in [0.1, 0.15) is 25.3 Å². The maximum atomic E-state index is 12.1. The van der Waals surface area contributed by atoms with Gasteiger partial charge in [0.1, 0.15) is 0 Å². The van der Waals surface area contributed by atoms with Crippen molar-refractivity contribution in [1.29, 1.82) is 0 Å². The Bertz CT molecular complexity index is 396. The van der Waals surface area contributed by atoms with Crippen LogP contribution in [0.2, 0.25) is 0 Å². The highest BCUT2D eigenvalue weighted by Crippen LogP contribution is 2.12. The van der Waals surface area contributed by atoms with E-state index in [1.807, 2.05) is 6.07 Å². The Balaban J connectivity index is 0.00000200. The first-order chi connectivity index (χ1) is 9.29. The summed E-state index contributed by atoms with van der Waals surface area (Å²) < 4.78 is 0. The fourth-order valence-corrected chi connectivity index (χ4v) is 3.28. The first-order valence-corrected chi connectivity index (χ1v) is 8.10. The van der Waals surface area contributed by atoms with E-state index < -0.39 is 0 Å². The van der Waals surface area contributed by atoms with Crippen molar-refractivity contribution in [3.05, 3.63) is 35.9 Å². The van der Waals surface area contributed by atoms with Gasteiger partial charge in [-0.25, -0.2) is 0 Å². The monoisotopic (exact) mass is 314 g/mol. The summed E-state index contributed by atoms with van der Waals surface area (Å²) in [6.07, 6.45) is 3.03. The maximum absolute atomic E-state index is 12.1. The van der Waals surface area contributed by atoms with Gasteiger partial charge in [0.15, 0.2) is 0 Å². The highest BCUT2D eigenvalue weighted by Gasteiger charge is 2.24. The van der Waals surface area contributed by atoms with E-state index in [9.17, 15) is 4.79 Å². The summed E-state index contributed by atoms with van der Waals surface area (Å²) in [6.45, 7) is 2.16. The van der Waals surface area contributed by atoms with Crippen LogP contribution >= 0.6 is 24.2 Å². The minimum absolute atomic E-state index is 0. The first kappa shape index (κ1) is 17.3. The van der Waals surface area contributed by atoms with Crippen LogP contribution in [-0.4, -0.2) is 29.6 Å². The van der Waals surface area contributed by atoms with Gasteiger partial charge in [-0.05, 0) is 18.4 Å². The van der Waals surface area contributed by atoms with Gasteiger partial charge in [-0.3, -0.25) is 10.1 Å². The molecule has 0 bridgehead atoms. The van der Waals surface area contributed by atoms with Gasteiger partial charge in [0.25, 0.3) is 0 Å². The molecule has 2 N–H and O–H groups in total. The van der Waals surface area contributed by atoms with Gasteiger partial charge >= 0.3 is 0 Å². The van der Waals surface area contributed by atoms with Gasteiger partial charge in [-0.15, -0.1) is 24.2 Å². The Morgan fingerprint density at radius 3 is 2.80 bits per heavy atom. The SMILES string of the molecule is CCCC(Cc1ccccc1)NC(=O)C1CSCN1.Cl. The zero-order chi connectivity index (χ0) is 13.5. The number of nitrogens with one attached hydrogen (secondary N) is 2. The molecular weight excluding hydrogens is 292 g/mol. The number of thioether (sulfide) groups is 1. The third kappa shape index (κ3) is 5.35. The summed E-state index contributed by atoms with van der Waals surface area (Å²) in [4.78, 5) is 12.1. The van der Waals surface area contributed by atoms with E-state index in [0.29, 0.717) is 0 Å². The molecule has 2 unspecified atom stereocenters. The maximum Gasteiger partial charge on any atom is 0.238 e. The highest BCUT2D eigenvalue weighted by molar-refractivity contribution is 7.99. The number of hydrogen-bond acceptors (Lipinski definition) is 3. The molecule has 1 aliphatic heterocycles. The Morgan fingerprint density at radius 1 is 1.45 bits per heavy atom. The van der Waals surface area contributed by atoms with Crippen LogP contribution < -0.4 is 10.6 Å². The van der Waals surface area contributed by atoms with Gasteiger partial charge in [0, 0.05) is 17.7 Å². The molecule has 5 heteroatoms. The topological polar surface area (TPSA) is 41.1 Å². The Morgan fingerprint density at radius 2 is 2.20 bits per heavy atom. The molecule has 2 atom stereocenters. The van der Waals surface area contributed by atoms with Crippen molar-refractivity contribution in [2.75, 3.05) is 11.6 Å². The van der Waals surface area contributed by atoms with Crippen LogP contribution in [0.25, 0.3) is 0 Å². The van der Waals surface area contributed by atoms with Crippen LogP contribution in [0.4, 0.5) is 0 Å². The summed E-state index contributed by atoms with van der Waals surface area (Å²) in [5.74, 6) is 1.92. The van der Waals surface area contributed by atoms with E-state index in [1.54, 1.807) is 11.8 Å². The van der Waals surface area contributed by atoms with E-state index in [0.717, 1.165) is 30.9 Å². The van der Waals surface area contributed by atoms with E-state index in [1.165, 1.54) is 5.56 Å². The van der Waals surface area contributed by atoms with Crippen molar-refractivity contribution in [1.82, 2.24) is 10.6 Å². The average Bonchev–Trinajstić information content (AvgIpc) is 2.94. The van der Waals surface area contributed by atoms with Gasteiger partial charge in [-0.1, -0.05) is 43.7 Å². The molecule has 1 saturated heterocycles. The number of rotatable bonds is 6. The molecule has 0 saturated carbocycles.